The summed E-state index contributed by atoms with van der Waals surface area (Å²) in [6.45, 7) is 2.39. The lowest BCUT2D eigenvalue weighted by Gasteiger charge is -2.17. The first-order valence-corrected chi connectivity index (χ1v) is 12.7. The topological polar surface area (TPSA) is 107 Å². The van der Waals surface area contributed by atoms with Gasteiger partial charge in [-0.15, -0.1) is 0 Å². The molecule has 0 bridgehead atoms. The van der Waals surface area contributed by atoms with Gasteiger partial charge in [-0.2, -0.15) is 17.9 Å². The molecule has 1 atom stereocenters. The second-order valence-electron chi connectivity index (χ2n) is 8.48. The molecule has 2 aromatic carbocycles. The maximum Gasteiger partial charge on any atom is 0.404 e. The third-order valence-corrected chi connectivity index (χ3v) is 7.49. The van der Waals surface area contributed by atoms with Gasteiger partial charge in [-0.25, -0.2) is 17.2 Å². The largest absolute Gasteiger partial charge is 0.404 e. The molecule has 0 aliphatic rings. The van der Waals surface area contributed by atoms with Gasteiger partial charge < -0.3 is 10.3 Å². The van der Waals surface area contributed by atoms with E-state index in [9.17, 15) is 35.2 Å². The predicted molar refractivity (Wildman–Crippen MR) is 130 cm³/mol. The first-order valence-electron chi connectivity index (χ1n) is 11.2. The number of amides is 1. The Morgan fingerprint density at radius 1 is 1.11 bits per heavy atom. The molecule has 0 saturated carbocycles. The average Bonchev–Trinajstić information content (AvgIpc) is 3.17. The minimum atomic E-state index is -4.81. The third kappa shape index (κ3) is 4.98. The van der Waals surface area contributed by atoms with E-state index in [1.165, 1.54) is 45.7 Å². The SMILES string of the molecule is CCc1cc2c(cc1F)c(C(N)=O)c(-c1ccc(S(=O)(=O)NC(C)C(F)(F)F)cn1)n2-c1ccc(F)cc1. The van der Waals surface area contributed by atoms with E-state index >= 15 is 0 Å². The van der Waals surface area contributed by atoms with Gasteiger partial charge in [0.25, 0.3) is 5.91 Å². The molecule has 13 heteroatoms. The van der Waals surface area contributed by atoms with Gasteiger partial charge in [0.05, 0.1) is 22.5 Å². The number of aromatic nitrogens is 2. The van der Waals surface area contributed by atoms with Crippen molar-refractivity contribution in [1.29, 1.82) is 0 Å². The zero-order chi connectivity index (χ0) is 28.0. The molecule has 0 aliphatic carbocycles. The van der Waals surface area contributed by atoms with E-state index in [4.69, 9.17) is 5.73 Å². The first kappa shape index (κ1) is 27.2. The molecule has 2 aromatic heterocycles. The molecule has 0 aliphatic heterocycles. The lowest BCUT2D eigenvalue weighted by Crippen LogP contribution is -2.42. The number of halogens is 5. The fraction of sp³-hybridized carbons (Fsp3) is 0.200. The van der Waals surface area contributed by atoms with E-state index < -0.39 is 44.7 Å². The van der Waals surface area contributed by atoms with Gasteiger partial charge in [-0.3, -0.25) is 9.78 Å². The number of alkyl halides is 3. The molecular weight excluding hydrogens is 531 g/mol. The van der Waals surface area contributed by atoms with Crippen LogP contribution in [0.5, 0.6) is 0 Å². The van der Waals surface area contributed by atoms with Crippen molar-refractivity contribution in [3.05, 3.63) is 77.5 Å². The molecule has 0 fully saturated rings. The molecule has 38 heavy (non-hydrogen) atoms. The Bertz CT molecular complexity index is 1630. The molecule has 4 rings (SSSR count). The third-order valence-electron chi connectivity index (χ3n) is 5.96. The highest BCUT2D eigenvalue weighted by molar-refractivity contribution is 7.89. The van der Waals surface area contributed by atoms with Crippen LogP contribution in [0.25, 0.3) is 28.0 Å². The van der Waals surface area contributed by atoms with Crippen LogP contribution >= 0.6 is 0 Å². The van der Waals surface area contributed by atoms with Crippen molar-refractivity contribution >= 4 is 26.8 Å². The Morgan fingerprint density at radius 2 is 1.76 bits per heavy atom. The average molecular weight is 553 g/mol. The number of nitrogens with two attached hydrogens (primary N) is 1. The van der Waals surface area contributed by atoms with Crippen LogP contribution in [-0.2, 0) is 16.4 Å². The van der Waals surface area contributed by atoms with Gasteiger partial charge in [0.15, 0.2) is 0 Å². The van der Waals surface area contributed by atoms with Crippen LogP contribution in [-0.4, -0.2) is 36.1 Å². The van der Waals surface area contributed by atoms with Crippen LogP contribution in [0.1, 0.15) is 29.8 Å². The van der Waals surface area contributed by atoms with Gasteiger partial charge in [-0.1, -0.05) is 6.92 Å². The smallest absolute Gasteiger partial charge is 0.366 e. The number of rotatable bonds is 7. The second kappa shape index (κ2) is 9.80. The van der Waals surface area contributed by atoms with Crippen molar-refractivity contribution in [3.63, 3.8) is 0 Å². The van der Waals surface area contributed by atoms with Gasteiger partial charge in [-0.05, 0) is 67.4 Å². The van der Waals surface area contributed by atoms with Crippen molar-refractivity contribution in [2.75, 3.05) is 0 Å². The Morgan fingerprint density at radius 3 is 2.29 bits per heavy atom. The highest BCUT2D eigenvalue weighted by Gasteiger charge is 2.39. The molecule has 200 valence electrons. The van der Waals surface area contributed by atoms with E-state index in [2.05, 4.69) is 4.98 Å². The number of nitrogens with one attached hydrogen (secondary N) is 1. The number of hydrogen-bond acceptors (Lipinski definition) is 4. The number of sulfonamides is 1. The standard InChI is InChI=1S/C25H21F5N4O3S/c1-3-14-10-21-18(11-19(14)27)22(24(31)35)23(34(21)16-6-4-15(26)5-7-16)20-9-8-17(12-32-20)38(36,37)33-13(2)25(28,29)30/h4-13,33H,3H2,1-2H3,(H2,31,35). The van der Waals surface area contributed by atoms with E-state index in [-0.39, 0.29) is 22.3 Å². The first-order chi connectivity index (χ1) is 17.7. The number of nitrogens with zero attached hydrogens (tertiary/aromatic N) is 2. The Hall–Kier alpha value is -3.84. The summed E-state index contributed by atoms with van der Waals surface area (Å²) in [4.78, 5) is 16.1. The lowest BCUT2D eigenvalue weighted by molar-refractivity contribution is -0.147. The monoisotopic (exact) mass is 552 g/mol. The maximum atomic E-state index is 14.8. The molecule has 1 unspecified atom stereocenters. The minimum absolute atomic E-state index is 0.0144. The number of benzene rings is 2. The fourth-order valence-electron chi connectivity index (χ4n) is 4.02. The van der Waals surface area contributed by atoms with Crippen LogP contribution in [0.4, 0.5) is 22.0 Å². The van der Waals surface area contributed by atoms with Crippen LogP contribution in [0.3, 0.4) is 0 Å². The summed E-state index contributed by atoms with van der Waals surface area (Å²) in [5.41, 5.74) is 6.68. The number of carbonyl (C=O) groups is 1. The summed E-state index contributed by atoms with van der Waals surface area (Å²) < 4.78 is 95.1. The van der Waals surface area contributed by atoms with Gasteiger partial charge in [0.2, 0.25) is 10.0 Å². The number of carbonyl (C=O) groups excluding carboxylic acids is 1. The number of hydrogen-bond donors (Lipinski definition) is 2. The summed E-state index contributed by atoms with van der Waals surface area (Å²) in [7, 11) is -4.60. The van der Waals surface area contributed by atoms with Gasteiger partial charge in [0.1, 0.15) is 22.6 Å². The van der Waals surface area contributed by atoms with Crippen molar-refractivity contribution in [3.8, 4) is 17.1 Å². The van der Waals surface area contributed by atoms with Crippen LogP contribution in [0, 0.1) is 11.6 Å². The van der Waals surface area contributed by atoms with Gasteiger partial charge in [0, 0.05) is 17.3 Å². The number of primary amides is 1. The Kier molecular flexibility index (Phi) is 7.01. The summed E-state index contributed by atoms with van der Waals surface area (Å²) in [6.07, 6.45) is -3.65. The Labute approximate surface area is 214 Å². The molecule has 0 saturated heterocycles. The zero-order valence-electron chi connectivity index (χ0n) is 20.0. The van der Waals surface area contributed by atoms with Crippen molar-refractivity contribution in [1.82, 2.24) is 14.3 Å². The fourth-order valence-corrected chi connectivity index (χ4v) is 5.19. The highest BCUT2D eigenvalue weighted by atomic mass is 32.2. The predicted octanol–water partition coefficient (Wildman–Crippen LogP) is 4.86. The minimum Gasteiger partial charge on any atom is -0.366 e. The van der Waals surface area contributed by atoms with E-state index in [1.54, 1.807) is 6.92 Å². The van der Waals surface area contributed by atoms with Crippen LogP contribution in [0.2, 0.25) is 0 Å². The molecular formula is C25H21F5N4O3S. The van der Waals surface area contributed by atoms with E-state index in [0.29, 0.717) is 30.1 Å². The second-order valence-corrected chi connectivity index (χ2v) is 10.2. The number of aryl methyl sites for hydroxylation is 1. The molecule has 3 N–H and O–H groups in total. The molecule has 0 spiro atoms. The van der Waals surface area contributed by atoms with E-state index in [1.807, 2.05) is 0 Å². The van der Waals surface area contributed by atoms with Crippen LogP contribution < -0.4 is 10.5 Å². The Balaban J connectivity index is 1.96. The zero-order valence-corrected chi connectivity index (χ0v) is 20.8. The number of pyridine rings is 1. The highest BCUT2D eigenvalue weighted by Crippen LogP contribution is 2.37. The normalized spacial score (nSPS) is 13.1. The van der Waals surface area contributed by atoms with Crippen molar-refractivity contribution in [2.24, 2.45) is 5.73 Å². The molecule has 1 amide bonds. The number of fused-ring (bicyclic) bond motifs is 1. The van der Waals surface area contributed by atoms with Crippen molar-refractivity contribution < 1.29 is 35.2 Å². The summed E-state index contributed by atoms with van der Waals surface area (Å²) in [5.74, 6) is -2.05. The van der Waals surface area contributed by atoms with Crippen LogP contribution in [0.15, 0.2) is 59.6 Å². The molecule has 2 heterocycles. The molecule has 4 aromatic rings. The van der Waals surface area contributed by atoms with E-state index in [0.717, 1.165) is 18.3 Å². The quantitative estimate of drug-likeness (QED) is 0.319. The molecule has 7 nitrogen and oxygen atoms in total. The van der Waals surface area contributed by atoms with Crippen molar-refractivity contribution in [2.45, 2.75) is 37.4 Å². The lowest BCUT2D eigenvalue weighted by atomic mass is 10.0. The summed E-state index contributed by atoms with van der Waals surface area (Å²) >= 11 is 0. The summed E-state index contributed by atoms with van der Waals surface area (Å²) in [6, 6.07) is 7.71. The van der Waals surface area contributed by atoms with Gasteiger partial charge >= 0.3 is 6.18 Å². The maximum absolute atomic E-state index is 14.8. The molecule has 0 radical (unpaired) electrons. The summed E-state index contributed by atoms with van der Waals surface area (Å²) in [5, 5.41) is 0.144.